The van der Waals surface area contributed by atoms with Gasteiger partial charge in [0, 0.05) is 17.8 Å². The third-order valence-corrected chi connectivity index (χ3v) is 3.00. The first-order valence-corrected chi connectivity index (χ1v) is 6.02. The Balaban J connectivity index is 2.64. The Morgan fingerprint density at radius 1 is 1.50 bits per heavy atom. The number of benzene rings is 1. The molecule has 4 nitrogen and oxygen atoms in total. The number of amides is 2. The van der Waals surface area contributed by atoms with Crippen molar-refractivity contribution < 1.29 is 23.1 Å². The quantitative estimate of drug-likeness (QED) is 0.901. The van der Waals surface area contributed by atoms with Gasteiger partial charge in [-0.2, -0.15) is 13.2 Å². The highest BCUT2D eigenvalue weighted by molar-refractivity contribution is 6.31. The van der Waals surface area contributed by atoms with Gasteiger partial charge in [-0.1, -0.05) is 17.7 Å². The highest BCUT2D eigenvalue weighted by Gasteiger charge is 2.39. The average molecular weight is 311 g/mol. The number of halogens is 4. The molecule has 2 N–H and O–H groups in total. The van der Waals surface area contributed by atoms with Gasteiger partial charge in [-0.15, -0.1) is 0 Å². The Labute approximate surface area is 119 Å². The largest absolute Gasteiger partial charge is 0.416 e. The van der Waals surface area contributed by atoms with Crippen LogP contribution in [0.15, 0.2) is 18.2 Å². The van der Waals surface area contributed by atoms with Crippen molar-refractivity contribution in [2.24, 2.45) is 0 Å². The topological polar surface area (TPSA) is 52.6 Å². The zero-order chi connectivity index (χ0) is 15.5. The zero-order valence-corrected chi connectivity index (χ0v) is 11.6. The van der Waals surface area contributed by atoms with E-state index in [-0.39, 0.29) is 0 Å². The van der Waals surface area contributed by atoms with E-state index in [1.165, 1.54) is 6.07 Å². The molecule has 0 aromatic heterocycles. The molecule has 0 saturated heterocycles. The molecule has 0 heterocycles. The summed E-state index contributed by atoms with van der Waals surface area (Å²) in [6.45, 7) is 0.925. The molecule has 1 unspecified atom stereocenters. The van der Waals surface area contributed by atoms with Crippen molar-refractivity contribution in [3.8, 4) is 0 Å². The Bertz CT molecular complexity index is 494. The normalized spacial score (nSPS) is 12.9. The van der Waals surface area contributed by atoms with Gasteiger partial charge in [-0.05, 0) is 24.6 Å². The molecule has 1 aromatic carbocycles. The first-order valence-electron chi connectivity index (χ1n) is 5.64. The first-order chi connectivity index (χ1) is 9.11. The van der Waals surface area contributed by atoms with E-state index in [2.05, 4.69) is 5.32 Å². The summed E-state index contributed by atoms with van der Waals surface area (Å²) < 4.78 is 36.5. The number of hydrogen-bond acceptors (Lipinski definition) is 2. The number of alkyl halides is 3. The molecule has 0 aliphatic carbocycles. The summed E-state index contributed by atoms with van der Waals surface area (Å²) in [5.74, 6) is 0. The lowest BCUT2D eigenvalue weighted by molar-refractivity contribution is -0.205. The number of nitrogens with zero attached hydrogens (tertiary/aromatic N) is 1. The molecule has 0 radical (unpaired) electrons. The second-order valence-electron chi connectivity index (χ2n) is 4.33. The van der Waals surface area contributed by atoms with Crippen molar-refractivity contribution in [3.05, 3.63) is 28.8 Å². The fourth-order valence-electron chi connectivity index (χ4n) is 1.34. The van der Waals surface area contributed by atoms with Crippen LogP contribution in [0.2, 0.25) is 5.02 Å². The van der Waals surface area contributed by atoms with Crippen LogP contribution in [0.25, 0.3) is 0 Å². The number of likely N-dealkylation sites (N-methyl/N-ethyl adjacent to an activating group) is 1. The number of nitrogens with one attached hydrogen (secondary N) is 1. The van der Waals surface area contributed by atoms with Crippen LogP contribution in [0.1, 0.15) is 5.56 Å². The van der Waals surface area contributed by atoms with Gasteiger partial charge in [0.2, 0.25) is 0 Å². The van der Waals surface area contributed by atoms with E-state index < -0.39 is 24.9 Å². The molecule has 8 heteroatoms. The van der Waals surface area contributed by atoms with E-state index in [0.717, 1.165) is 17.5 Å². The van der Waals surface area contributed by atoms with Crippen molar-refractivity contribution in [2.75, 3.05) is 18.9 Å². The van der Waals surface area contributed by atoms with E-state index in [9.17, 15) is 18.0 Å². The summed E-state index contributed by atoms with van der Waals surface area (Å²) in [7, 11) is 1.15. The molecule has 20 heavy (non-hydrogen) atoms. The van der Waals surface area contributed by atoms with Crippen molar-refractivity contribution in [3.63, 3.8) is 0 Å². The smallest absolute Gasteiger partial charge is 0.382 e. The lowest BCUT2D eigenvalue weighted by atomic mass is 10.2. The van der Waals surface area contributed by atoms with Crippen molar-refractivity contribution in [2.45, 2.75) is 19.2 Å². The van der Waals surface area contributed by atoms with E-state index in [1.54, 1.807) is 19.1 Å². The minimum atomic E-state index is -4.76. The van der Waals surface area contributed by atoms with Crippen LogP contribution in [-0.4, -0.2) is 41.9 Å². The van der Waals surface area contributed by atoms with Crippen LogP contribution in [0.4, 0.5) is 23.7 Å². The van der Waals surface area contributed by atoms with Gasteiger partial charge in [0.1, 0.15) is 0 Å². The molecular weight excluding hydrogens is 297 g/mol. The van der Waals surface area contributed by atoms with Crippen LogP contribution in [0.3, 0.4) is 0 Å². The number of aryl methyl sites for hydroxylation is 1. The molecule has 1 rings (SSSR count). The molecule has 1 atom stereocenters. The maximum atomic E-state index is 12.2. The van der Waals surface area contributed by atoms with E-state index in [4.69, 9.17) is 16.7 Å². The Kier molecular flexibility index (Phi) is 5.24. The molecule has 1 aromatic rings. The molecule has 0 fully saturated rings. The molecule has 0 spiro atoms. The maximum absolute atomic E-state index is 12.2. The van der Waals surface area contributed by atoms with E-state index in [1.807, 2.05) is 0 Å². The van der Waals surface area contributed by atoms with Crippen LogP contribution >= 0.6 is 11.6 Å². The van der Waals surface area contributed by atoms with Crippen molar-refractivity contribution in [1.82, 2.24) is 4.90 Å². The fraction of sp³-hybridized carbons (Fsp3) is 0.417. The number of anilines is 1. The van der Waals surface area contributed by atoms with Crippen LogP contribution < -0.4 is 5.32 Å². The van der Waals surface area contributed by atoms with Gasteiger partial charge in [-0.3, -0.25) is 0 Å². The number of aliphatic hydroxyl groups is 1. The number of rotatable bonds is 3. The molecule has 0 bridgehead atoms. The molecular formula is C12H14ClF3N2O2. The fourth-order valence-corrected chi connectivity index (χ4v) is 1.52. The SMILES string of the molecule is Cc1ccc(NC(=O)N(C)CC(O)C(F)(F)F)cc1Cl. The highest BCUT2D eigenvalue weighted by Crippen LogP contribution is 2.22. The predicted molar refractivity (Wildman–Crippen MR) is 69.9 cm³/mol. The number of carbonyl (C=O) groups excluding carboxylic acids is 1. The van der Waals surface area contributed by atoms with E-state index >= 15 is 0 Å². The number of aliphatic hydroxyl groups excluding tert-OH is 1. The van der Waals surface area contributed by atoms with Gasteiger partial charge < -0.3 is 15.3 Å². The van der Waals surface area contributed by atoms with Gasteiger partial charge in [0.05, 0.1) is 6.54 Å². The molecule has 112 valence electrons. The highest BCUT2D eigenvalue weighted by atomic mass is 35.5. The molecule has 2 amide bonds. The van der Waals surface area contributed by atoms with Crippen molar-refractivity contribution >= 4 is 23.3 Å². The summed E-state index contributed by atoms with van der Waals surface area (Å²) >= 11 is 5.87. The van der Waals surface area contributed by atoms with Crippen LogP contribution in [0, 0.1) is 6.92 Å². The van der Waals surface area contributed by atoms with E-state index in [0.29, 0.717) is 10.7 Å². The van der Waals surface area contributed by atoms with Crippen LogP contribution in [-0.2, 0) is 0 Å². The number of hydrogen-bond donors (Lipinski definition) is 2. The van der Waals surface area contributed by atoms with Crippen LogP contribution in [0.5, 0.6) is 0 Å². The first kappa shape index (κ1) is 16.6. The molecule has 0 aliphatic heterocycles. The van der Waals surface area contributed by atoms with Gasteiger partial charge in [0.15, 0.2) is 6.10 Å². The summed E-state index contributed by atoms with van der Waals surface area (Å²) in [6, 6.07) is 3.96. The summed E-state index contributed by atoms with van der Waals surface area (Å²) in [4.78, 5) is 12.4. The van der Waals surface area contributed by atoms with Crippen molar-refractivity contribution in [1.29, 1.82) is 0 Å². The lowest BCUT2D eigenvalue weighted by Gasteiger charge is -2.22. The standard InChI is InChI=1S/C12H14ClF3N2O2/c1-7-3-4-8(5-9(7)13)17-11(20)18(2)6-10(19)12(14,15)16/h3-5,10,19H,6H2,1-2H3,(H,17,20). The Morgan fingerprint density at radius 3 is 2.60 bits per heavy atom. The minimum absolute atomic E-state index is 0.360. The second-order valence-corrected chi connectivity index (χ2v) is 4.74. The average Bonchev–Trinajstić information content (AvgIpc) is 2.32. The Hall–Kier alpha value is -1.47. The Morgan fingerprint density at radius 2 is 2.10 bits per heavy atom. The summed E-state index contributed by atoms with van der Waals surface area (Å²) in [5, 5.41) is 11.7. The monoisotopic (exact) mass is 310 g/mol. The number of carbonyl (C=O) groups is 1. The zero-order valence-electron chi connectivity index (χ0n) is 10.8. The van der Waals surface area contributed by atoms with Gasteiger partial charge in [-0.25, -0.2) is 4.79 Å². The van der Waals surface area contributed by atoms with Gasteiger partial charge in [0.25, 0.3) is 0 Å². The molecule has 0 aliphatic rings. The third-order valence-electron chi connectivity index (χ3n) is 2.59. The molecule has 0 saturated carbocycles. The predicted octanol–water partition coefficient (Wildman–Crippen LogP) is 3.04. The summed E-state index contributed by atoms with van der Waals surface area (Å²) in [6.07, 6.45) is -7.35. The number of urea groups is 1. The third kappa shape index (κ3) is 4.57. The lowest BCUT2D eigenvalue weighted by Crippen LogP contribution is -2.43. The van der Waals surface area contributed by atoms with Gasteiger partial charge >= 0.3 is 12.2 Å². The summed E-state index contributed by atoms with van der Waals surface area (Å²) in [5.41, 5.74) is 1.17. The second kappa shape index (κ2) is 6.32. The maximum Gasteiger partial charge on any atom is 0.416 e. The minimum Gasteiger partial charge on any atom is -0.382 e.